The smallest absolute Gasteiger partial charge is 0.281 e. The van der Waals surface area contributed by atoms with Gasteiger partial charge in [-0.2, -0.15) is 0 Å². The molecule has 0 saturated carbocycles. The van der Waals surface area contributed by atoms with Crippen LogP contribution in [-0.4, -0.2) is 38.3 Å². The zero-order valence-corrected chi connectivity index (χ0v) is 11.0. The minimum absolute atomic E-state index is 0.0719. The Morgan fingerprint density at radius 3 is 3.00 bits per heavy atom. The molecule has 0 aliphatic carbocycles. The summed E-state index contributed by atoms with van der Waals surface area (Å²) in [6.07, 6.45) is 2.98. The molecule has 0 saturated heterocycles. The lowest BCUT2D eigenvalue weighted by atomic mass is 10.3. The molecule has 0 fully saturated rings. The molecular formula is C10H10N6O2S. The maximum Gasteiger partial charge on any atom is 0.281 e. The third kappa shape index (κ3) is 3.28. The number of nitrogens with zero attached hydrogens (tertiary/aromatic N) is 5. The minimum Gasteiger partial charge on any atom is -0.398 e. The molecule has 19 heavy (non-hydrogen) atoms. The molecule has 1 amide bonds. The standard InChI is InChI=1S/C10H10N6O2S/c1-6-3-4-11-10(13-6)14-9(17)8(15-18-2)7-5-12-16-19-7/h3-5H,1-2H3,(H,11,13,14,17)/b15-8-. The van der Waals surface area contributed by atoms with Crippen LogP contribution in [0.4, 0.5) is 5.95 Å². The normalized spacial score (nSPS) is 11.2. The fourth-order valence-electron chi connectivity index (χ4n) is 1.23. The molecule has 0 unspecified atom stereocenters. The van der Waals surface area contributed by atoms with E-state index in [1.165, 1.54) is 13.3 Å². The lowest BCUT2D eigenvalue weighted by molar-refractivity contribution is -0.110. The molecule has 0 spiro atoms. The Balaban J connectivity index is 2.20. The van der Waals surface area contributed by atoms with Gasteiger partial charge in [-0.25, -0.2) is 9.97 Å². The van der Waals surface area contributed by atoms with Crippen molar-refractivity contribution in [2.45, 2.75) is 6.92 Å². The van der Waals surface area contributed by atoms with Crippen molar-refractivity contribution in [2.24, 2.45) is 5.16 Å². The van der Waals surface area contributed by atoms with Crippen molar-refractivity contribution in [2.75, 3.05) is 12.4 Å². The first-order chi connectivity index (χ1) is 9.20. The average molecular weight is 278 g/mol. The van der Waals surface area contributed by atoms with Gasteiger partial charge in [0.1, 0.15) is 12.0 Å². The first kappa shape index (κ1) is 13.0. The molecule has 2 aromatic rings. The second kappa shape index (κ2) is 5.96. The van der Waals surface area contributed by atoms with E-state index in [1.807, 2.05) is 0 Å². The Hall–Kier alpha value is -2.42. The number of anilines is 1. The van der Waals surface area contributed by atoms with Crippen molar-refractivity contribution in [3.05, 3.63) is 29.0 Å². The Morgan fingerprint density at radius 2 is 2.37 bits per heavy atom. The van der Waals surface area contributed by atoms with Gasteiger partial charge in [-0.3, -0.25) is 10.1 Å². The van der Waals surface area contributed by atoms with Gasteiger partial charge < -0.3 is 4.84 Å². The maximum atomic E-state index is 12.1. The lowest BCUT2D eigenvalue weighted by Crippen LogP contribution is -2.24. The van der Waals surface area contributed by atoms with Crippen LogP contribution in [0.15, 0.2) is 23.6 Å². The highest BCUT2D eigenvalue weighted by Crippen LogP contribution is 2.07. The fourth-order valence-corrected chi connectivity index (χ4v) is 1.72. The largest absolute Gasteiger partial charge is 0.398 e. The number of aryl methyl sites for hydroxylation is 1. The molecule has 2 aromatic heterocycles. The molecule has 2 rings (SSSR count). The highest BCUT2D eigenvalue weighted by Gasteiger charge is 2.18. The number of carbonyl (C=O) groups is 1. The summed E-state index contributed by atoms with van der Waals surface area (Å²) < 4.78 is 3.67. The maximum absolute atomic E-state index is 12.1. The fraction of sp³-hybridized carbons (Fsp3) is 0.200. The van der Waals surface area contributed by atoms with Crippen LogP contribution in [0.3, 0.4) is 0 Å². The number of amides is 1. The van der Waals surface area contributed by atoms with E-state index < -0.39 is 5.91 Å². The molecule has 0 aromatic carbocycles. The second-order valence-electron chi connectivity index (χ2n) is 3.38. The van der Waals surface area contributed by atoms with E-state index in [1.54, 1.807) is 19.2 Å². The predicted molar refractivity (Wildman–Crippen MR) is 68.9 cm³/mol. The zero-order chi connectivity index (χ0) is 13.7. The third-order valence-corrected chi connectivity index (χ3v) is 2.68. The van der Waals surface area contributed by atoms with Gasteiger partial charge in [-0.05, 0) is 24.5 Å². The molecule has 0 atom stereocenters. The average Bonchev–Trinajstić information content (AvgIpc) is 2.89. The van der Waals surface area contributed by atoms with Crippen molar-refractivity contribution in [1.82, 2.24) is 19.6 Å². The summed E-state index contributed by atoms with van der Waals surface area (Å²) in [5, 5.41) is 9.85. The van der Waals surface area contributed by atoms with Crippen molar-refractivity contribution < 1.29 is 9.63 Å². The van der Waals surface area contributed by atoms with Gasteiger partial charge in [0.05, 0.1) is 6.20 Å². The van der Waals surface area contributed by atoms with Gasteiger partial charge in [0, 0.05) is 11.9 Å². The molecule has 0 radical (unpaired) electrons. The quantitative estimate of drug-likeness (QED) is 0.650. The Morgan fingerprint density at radius 1 is 1.53 bits per heavy atom. The van der Waals surface area contributed by atoms with Crippen LogP contribution in [0, 0.1) is 6.92 Å². The number of nitrogens with one attached hydrogen (secondary N) is 1. The minimum atomic E-state index is -0.487. The highest BCUT2D eigenvalue weighted by atomic mass is 32.1. The van der Waals surface area contributed by atoms with Crippen molar-refractivity contribution >= 4 is 29.1 Å². The Bertz CT molecular complexity index is 598. The van der Waals surface area contributed by atoms with Crippen LogP contribution >= 0.6 is 11.5 Å². The van der Waals surface area contributed by atoms with Gasteiger partial charge in [0.2, 0.25) is 5.95 Å². The van der Waals surface area contributed by atoms with E-state index in [-0.39, 0.29) is 11.7 Å². The summed E-state index contributed by atoms with van der Waals surface area (Å²) in [7, 11) is 1.35. The summed E-state index contributed by atoms with van der Waals surface area (Å²) in [4.78, 5) is 25.2. The molecule has 1 N–H and O–H groups in total. The molecule has 0 aliphatic heterocycles. The topological polar surface area (TPSA) is 102 Å². The molecular weight excluding hydrogens is 268 g/mol. The van der Waals surface area contributed by atoms with E-state index in [9.17, 15) is 4.79 Å². The number of hydrogen-bond acceptors (Lipinski definition) is 8. The number of oxime groups is 1. The monoisotopic (exact) mass is 278 g/mol. The number of aromatic nitrogens is 4. The van der Waals surface area contributed by atoms with Gasteiger partial charge >= 0.3 is 0 Å². The van der Waals surface area contributed by atoms with E-state index in [2.05, 4.69) is 34.9 Å². The van der Waals surface area contributed by atoms with Crippen molar-refractivity contribution in [3.63, 3.8) is 0 Å². The van der Waals surface area contributed by atoms with Crippen LogP contribution < -0.4 is 5.32 Å². The van der Waals surface area contributed by atoms with Crippen LogP contribution in [0.25, 0.3) is 0 Å². The number of hydrogen-bond donors (Lipinski definition) is 1. The molecule has 2 heterocycles. The first-order valence-corrected chi connectivity index (χ1v) is 5.98. The van der Waals surface area contributed by atoms with Crippen LogP contribution in [-0.2, 0) is 9.63 Å². The van der Waals surface area contributed by atoms with Crippen LogP contribution in [0.5, 0.6) is 0 Å². The summed E-state index contributed by atoms with van der Waals surface area (Å²) in [6.45, 7) is 1.80. The zero-order valence-electron chi connectivity index (χ0n) is 10.2. The van der Waals surface area contributed by atoms with E-state index in [4.69, 9.17) is 0 Å². The molecule has 8 nitrogen and oxygen atoms in total. The Labute approximate surface area is 112 Å². The summed E-state index contributed by atoms with van der Waals surface area (Å²) in [5.74, 6) is -0.287. The molecule has 0 aliphatic rings. The van der Waals surface area contributed by atoms with E-state index in [0.717, 1.165) is 17.2 Å². The van der Waals surface area contributed by atoms with E-state index >= 15 is 0 Å². The molecule has 9 heteroatoms. The van der Waals surface area contributed by atoms with Crippen LogP contribution in [0.1, 0.15) is 10.6 Å². The van der Waals surface area contributed by atoms with Gasteiger partial charge in [0.25, 0.3) is 5.91 Å². The molecule has 98 valence electrons. The second-order valence-corrected chi connectivity index (χ2v) is 4.17. The summed E-state index contributed by atoms with van der Waals surface area (Å²) in [6, 6.07) is 1.73. The number of carbonyl (C=O) groups excluding carboxylic acids is 1. The van der Waals surface area contributed by atoms with Gasteiger partial charge in [-0.15, -0.1) is 5.10 Å². The summed E-state index contributed by atoms with van der Waals surface area (Å²) >= 11 is 1.04. The lowest BCUT2D eigenvalue weighted by Gasteiger charge is -2.04. The molecule has 0 bridgehead atoms. The highest BCUT2D eigenvalue weighted by molar-refractivity contribution is 7.09. The van der Waals surface area contributed by atoms with Gasteiger partial charge in [0.15, 0.2) is 5.71 Å². The number of rotatable bonds is 4. The first-order valence-electron chi connectivity index (χ1n) is 5.20. The summed E-state index contributed by atoms with van der Waals surface area (Å²) in [5.41, 5.74) is 0.817. The van der Waals surface area contributed by atoms with Crippen LogP contribution in [0.2, 0.25) is 0 Å². The predicted octanol–water partition coefficient (Wildman–Crippen LogP) is 0.626. The van der Waals surface area contributed by atoms with E-state index in [0.29, 0.717) is 4.88 Å². The van der Waals surface area contributed by atoms with Crippen molar-refractivity contribution in [1.29, 1.82) is 0 Å². The van der Waals surface area contributed by atoms with Crippen molar-refractivity contribution in [3.8, 4) is 0 Å². The Kier molecular flexibility index (Phi) is 4.08. The van der Waals surface area contributed by atoms with Gasteiger partial charge in [-0.1, -0.05) is 9.64 Å². The third-order valence-electron chi connectivity index (χ3n) is 2.01. The SMILES string of the molecule is CO/N=C(\C(=O)Nc1nccc(C)n1)c1cnns1.